The summed E-state index contributed by atoms with van der Waals surface area (Å²) < 4.78 is 0. The van der Waals surface area contributed by atoms with Crippen molar-refractivity contribution < 1.29 is 0 Å². The molecule has 0 nitrogen and oxygen atoms in total. The van der Waals surface area contributed by atoms with Crippen LogP contribution in [-0.4, -0.2) is 0 Å². The van der Waals surface area contributed by atoms with Crippen molar-refractivity contribution in [1.82, 2.24) is 0 Å². The van der Waals surface area contributed by atoms with E-state index in [2.05, 4.69) is 39.0 Å². The lowest BCUT2D eigenvalue weighted by Gasteiger charge is -2.13. The van der Waals surface area contributed by atoms with Crippen molar-refractivity contribution in [2.45, 2.75) is 33.6 Å². The largest absolute Gasteiger partial charge is 0.0773 e. The molecule has 0 N–H and O–H groups in total. The van der Waals surface area contributed by atoms with Gasteiger partial charge in [-0.3, -0.25) is 0 Å². The molecular weight excluding hydrogens is 132 g/mol. The van der Waals surface area contributed by atoms with Gasteiger partial charge in [0.25, 0.3) is 0 Å². The highest BCUT2D eigenvalue weighted by Gasteiger charge is 2.12. The second-order valence-electron chi connectivity index (χ2n) is 3.74. The van der Waals surface area contributed by atoms with Crippen molar-refractivity contribution in [3.8, 4) is 0 Å². The molecule has 1 rings (SSSR count). The summed E-state index contributed by atoms with van der Waals surface area (Å²) in [6.45, 7) is 6.83. The molecule has 0 heteroatoms. The first kappa shape index (κ1) is 8.58. The smallest absolute Gasteiger partial charge is 0.00196 e. The minimum Gasteiger partial charge on any atom is -0.0773 e. The maximum atomic E-state index is 2.32. The second-order valence-corrected chi connectivity index (χ2v) is 3.74. The van der Waals surface area contributed by atoms with Crippen LogP contribution in [0, 0.1) is 11.8 Å². The van der Waals surface area contributed by atoms with Crippen LogP contribution in [0.15, 0.2) is 23.8 Å². The van der Waals surface area contributed by atoms with Crippen molar-refractivity contribution >= 4 is 0 Å². The zero-order valence-electron chi connectivity index (χ0n) is 7.80. The van der Waals surface area contributed by atoms with E-state index in [9.17, 15) is 0 Å². The van der Waals surface area contributed by atoms with Crippen molar-refractivity contribution in [2.24, 2.45) is 11.8 Å². The molecule has 11 heavy (non-hydrogen) atoms. The first-order valence-corrected chi connectivity index (χ1v) is 4.61. The zero-order chi connectivity index (χ0) is 8.27. The van der Waals surface area contributed by atoms with Crippen LogP contribution in [-0.2, 0) is 0 Å². The van der Waals surface area contributed by atoms with E-state index in [0.717, 1.165) is 11.8 Å². The van der Waals surface area contributed by atoms with Crippen LogP contribution in [0.2, 0.25) is 0 Å². The monoisotopic (exact) mass is 150 g/mol. The predicted octanol–water partition coefficient (Wildman–Crippen LogP) is 3.55. The predicted molar refractivity (Wildman–Crippen MR) is 50.5 cm³/mol. The lowest BCUT2D eigenvalue weighted by atomic mass is 9.93. The van der Waals surface area contributed by atoms with Gasteiger partial charge < -0.3 is 0 Å². The Morgan fingerprint density at radius 3 is 2.73 bits per heavy atom. The summed E-state index contributed by atoms with van der Waals surface area (Å²) in [6, 6.07) is 0. The van der Waals surface area contributed by atoms with Crippen molar-refractivity contribution in [3.05, 3.63) is 23.8 Å². The fourth-order valence-electron chi connectivity index (χ4n) is 1.65. The van der Waals surface area contributed by atoms with Crippen LogP contribution >= 0.6 is 0 Å². The van der Waals surface area contributed by atoms with Crippen molar-refractivity contribution in [1.29, 1.82) is 0 Å². The van der Waals surface area contributed by atoms with Gasteiger partial charge in [-0.15, -0.1) is 0 Å². The summed E-state index contributed by atoms with van der Waals surface area (Å²) in [7, 11) is 0. The van der Waals surface area contributed by atoms with Gasteiger partial charge >= 0.3 is 0 Å². The topological polar surface area (TPSA) is 0 Å². The van der Waals surface area contributed by atoms with Gasteiger partial charge in [-0.05, 0) is 24.7 Å². The Balaban J connectivity index is 2.47. The zero-order valence-corrected chi connectivity index (χ0v) is 7.80. The normalized spacial score (nSPS) is 22.9. The molecule has 0 aromatic heterocycles. The highest BCUT2D eigenvalue weighted by atomic mass is 14.2. The molecule has 0 aromatic rings. The third-order valence-electron chi connectivity index (χ3n) is 2.21. The standard InChI is InChI=1S/C11H18/c1-4-10-6-5-7-11(10)8-9(2)3/h5-7,9-10H,4,8H2,1-3H3. The number of rotatable bonds is 3. The van der Waals surface area contributed by atoms with Gasteiger partial charge in [0.2, 0.25) is 0 Å². The molecule has 0 fully saturated rings. The average Bonchev–Trinajstić information content (AvgIpc) is 2.34. The first-order valence-electron chi connectivity index (χ1n) is 4.61. The first-order chi connectivity index (χ1) is 5.24. The summed E-state index contributed by atoms with van der Waals surface area (Å²) >= 11 is 0. The molecule has 1 atom stereocenters. The van der Waals surface area contributed by atoms with Crippen LogP contribution in [0.4, 0.5) is 0 Å². The molecule has 0 spiro atoms. The van der Waals surface area contributed by atoms with Crippen molar-refractivity contribution in [3.63, 3.8) is 0 Å². The van der Waals surface area contributed by atoms with Gasteiger partial charge in [-0.2, -0.15) is 0 Å². The molecule has 0 radical (unpaired) electrons. The summed E-state index contributed by atoms with van der Waals surface area (Å²) in [4.78, 5) is 0. The summed E-state index contributed by atoms with van der Waals surface area (Å²) in [5.41, 5.74) is 1.63. The van der Waals surface area contributed by atoms with Gasteiger partial charge in [0.05, 0.1) is 0 Å². The highest BCUT2D eigenvalue weighted by Crippen LogP contribution is 2.27. The Labute approximate surface area is 70.0 Å². The van der Waals surface area contributed by atoms with Crippen LogP contribution in [0.25, 0.3) is 0 Å². The van der Waals surface area contributed by atoms with E-state index in [1.165, 1.54) is 12.8 Å². The van der Waals surface area contributed by atoms with E-state index in [1.54, 1.807) is 5.57 Å². The minimum absolute atomic E-state index is 0.748. The molecule has 0 bridgehead atoms. The molecule has 0 saturated heterocycles. The molecule has 0 aromatic carbocycles. The highest BCUT2D eigenvalue weighted by molar-refractivity contribution is 5.27. The van der Waals surface area contributed by atoms with Crippen LogP contribution in [0.1, 0.15) is 33.6 Å². The Hall–Kier alpha value is -0.520. The lowest BCUT2D eigenvalue weighted by Crippen LogP contribution is -1.99. The number of hydrogen-bond donors (Lipinski definition) is 0. The van der Waals surface area contributed by atoms with Gasteiger partial charge in [-0.25, -0.2) is 0 Å². The SMILES string of the molecule is CCC1C=CC=C1CC(C)C. The van der Waals surface area contributed by atoms with Crippen molar-refractivity contribution in [2.75, 3.05) is 0 Å². The fraction of sp³-hybridized carbons (Fsp3) is 0.636. The molecule has 62 valence electrons. The maximum Gasteiger partial charge on any atom is -0.00196 e. The molecule has 1 aliphatic rings. The van der Waals surface area contributed by atoms with Gasteiger partial charge in [0.1, 0.15) is 0 Å². The van der Waals surface area contributed by atoms with Gasteiger partial charge in [-0.1, -0.05) is 44.6 Å². The quantitative estimate of drug-likeness (QED) is 0.577. The van der Waals surface area contributed by atoms with E-state index < -0.39 is 0 Å². The van der Waals surface area contributed by atoms with Gasteiger partial charge in [0, 0.05) is 0 Å². The maximum absolute atomic E-state index is 2.32. The van der Waals surface area contributed by atoms with E-state index in [-0.39, 0.29) is 0 Å². The third-order valence-corrected chi connectivity index (χ3v) is 2.21. The molecule has 1 aliphatic carbocycles. The number of hydrogen-bond acceptors (Lipinski definition) is 0. The Kier molecular flexibility index (Phi) is 2.92. The molecule has 0 heterocycles. The van der Waals surface area contributed by atoms with Crippen LogP contribution in [0.5, 0.6) is 0 Å². The molecule has 1 unspecified atom stereocenters. The van der Waals surface area contributed by atoms with E-state index >= 15 is 0 Å². The van der Waals surface area contributed by atoms with Crippen LogP contribution < -0.4 is 0 Å². The molecule has 0 saturated carbocycles. The molecule has 0 amide bonds. The van der Waals surface area contributed by atoms with E-state index in [4.69, 9.17) is 0 Å². The van der Waals surface area contributed by atoms with Crippen LogP contribution in [0.3, 0.4) is 0 Å². The Morgan fingerprint density at radius 2 is 2.18 bits per heavy atom. The lowest BCUT2D eigenvalue weighted by molar-refractivity contribution is 0.587. The molecule has 0 aliphatic heterocycles. The summed E-state index contributed by atoms with van der Waals surface area (Å²) in [5.74, 6) is 1.55. The van der Waals surface area contributed by atoms with E-state index in [0.29, 0.717) is 0 Å². The molecular formula is C11H18. The number of allylic oxidation sites excluding steroid dienone is 4. The summed E-state index contributed by atoms with van der Waals surface area (Å²) in [5, 5.41) is 0. The van der Waals surface area contributed by atoms with Gasteiger partial charge in [0.15, 0.2) is 0 Å². The van der Waals surface area contributed by atoms with E-state index in [1.807, 2.05) is 0 Å². The fourth-order valence-corrected chi connectivity index (χ4v) is 1.65. The average molecular weight is 150 g/mol. The Morgan fingerprint density at radius 1 is 1.45 bits per heavy atom. The Bertz CT molecular complexity index is 172. The second kappa shape index (κ2) is 3.75. The third kappa shape index (κ3) is 2.21. The minimum atomic E-state index is 0.748. The summed E-state index contributed by atoms with van der Waals surface area (Å²) in [6.07, 6.45) is 9.33.